The van der Waals surface area contributed by atoms with Crippen LogP contribution in [-0.4, -0.2) is 25.5 Å². The van der Waals surface area contributed by atoms with E-state index < -0.39 is 11.7 Å². The summed E-state index contributed by atoms with van der Waals surface area (Å²) in [6.07, 6.45) is -2.35. The molecule has 3 N–H and O–H groups in total. The Morgan fingerprint density at radius 3 is 2.39 bits per heavy atom. The number of hydrogen-bond donors (Lipinski definition) is 3. The molecule has 0 unspecified atom stereocenters. The first-order chi connectivity index (χ1) is 15.3. The lowest BCUT2D eigenvalue weighted by Gasteiger charge is -2.13. The van der Waals surface area contributed by atoms with E-state index in [1.807, 2.05) is 18.2 Å². The Hall–Kier alpha value is -3.02. The Morgan fingerprint density at radius 2 is 1.76 bits per heavy atom. The molecule has 1 aromatic heterocycles. The van der Waals surface area contributed by atoms with Gasteiger partial charge >= 0.3 is 6.18 Å². The van der Waals surface area contributed by atoms with Gasteiger partial charge in [-0.3, -0.25) is 9.79 Å². The van der Waals surface area contributed by atoms with Gasteiger partial charge in [0.1, 0.15) is 0 Å². The average Bonchev–Trinajstić information content (AvgIpc) is 3.31. The van der Waals surface area contributed by atoms with E-state index in [2.05, 4.69) is 20.9 Å². The Labute approximate surface area is 206 Å². The van der Waals surface area contributed by atoms with Gasteiger partial charge in [0.2, 0.25) is 0 Å². The molecule has 6 nitrogen and oxygen atoms in total. The largest absolute Gasteiger partial charge is 0.459 e. The van der Waals surface area contributed by atoms with Crippen LogP contribution in [0.15, 0.2) is 76.3 Å². The lowest BCUT2D eigenvalue weighted by Crippen LogP contribution is -2.37. The molecule has 0 saturated carbocycles. The number of hydrogen-bond acceptors (Lipinski definition) is 3. The molecule has 33 heavy (non-hydrogen) atoms. The molecule has 0 radical (unpaired) electrons. The minimum absolute atomic E-state index is 0. The minimum atomic E-state index is -4.33. The lowest BCUT2D eigenvalue weighted by atomic mass is 10.1. The number of furan rings is 1. The first-order valence-electron chi connectivity index (χ1n) is 9.89. The molecule has 10 heteroatoms. The average molecular weight is 572 g/mol. The van der Waals surface area contributed by atoms with Crippen LogP contribution in [0.3, 0.4) is 0 Å². The fourth-order valence-corrected chi connectivity index (χ4v) is 2.95. The highest BCUT2D eigenvalue weighted by Gasteiger charge is 2.29. The highest BCUT2D eigenvalue weighted by atomic mass is 127. The molecular weight excluding hydrogens is 548 g/mol. The van der Waals surface area contributed by atoms with Crippen molar-refractivity contribution in [1.29, 1.82) is 0 Å². The smallest absolute Gasteiger partial charge is 0.416 e. The number of aliphatic imine (C=N–C) groups is 1. The second kappa shape index (κ2) is 12.3. The van der Waals surface area contributed by atoms with E-state index in [0.29, 0.717) is 31.2 Å². The van der Waals surface area contributed by atoms with E-state index in [4.69, 9.17) is 4.42 Å². The van der Waals surface area contributed by atoms with Gasteiger partial charge in [0.15, 0.2) is 11.7 Å². The highest BCUT2D eigenvalue weighted by Crippen LogP contribution is 2.29. The zero-order chi connectivity index (χ0) is 23.0. The monoisotopic (exact) mass is 572 g/mol. The number of anilines is 1. The van der Waals surface area contributed by atoms with Gasteiger partial charge in [-0.25, -0.2) is 0 Å². The minimum Gasteiger partial charge on any atom is -0.459 e. The number of nitrogens with zero attached hydrogens (tertiary/aromatic N) is 1. The van der Waals surface area contributed by atoms with Crippen LogP contribution >= 0.6 is 24.0 Å². The van der Waals surface area contributed by atoms with E-state index in [9.17, 15) is 18.0 Å². The fourth-order valence-electron chi connectivity index (χ4n) is 2.95. The normalized spacial score (nSPS) is 11.5. The first-order valence-corrected chi connectivity index (χ1v) is 9.89. The molecule has 0 saturated heterocycles. The van der Waals surface area contributed by atoms with Crippen molar-refractivity contribution in [3.05, 3.63) is 89.4 Å². The third-order valence-corrected chi connectivity index (χ3v) is 4.60. The van der Waals surface area contributed by atoms with Gasteiger partial charge in [0, 0.05) is 25.8 Å². The van der Waals surface area contributed by atoms with Crippen LogP contribution in [0.5, 0.6) is 0 Å². The molecule has 2 aromatic carbocycles. The molecule has 0 aliphatic rings. The molecule has 0 spiro atoms. The lowest BCUT2D eigenvalue weighted by molar-refractivity contribution is -0.137. The molecule has 0 fully saturated rings. The van der Waals surface area contributed by atoms with Crippen molar-refractivity contribution in [3.63, 3.8) is 0 Å². The molecule has 1 amide bonds. The number of alkyl halides is 3. The fraction of sp³-hybridized carbons (Fsp3) is 0.217. The Morgan fingerprint density at radius 1 is 1.00 bits per heavy atom. The predicted molar refractivity (Wildman–Crippen MR) is 132 cm³/mol. The van der Waals surface area contributed by atoms with Crippen molar-refractivity contribution < 1.29 is 22.4 Å². The molecule has 0 aliphatic carbocycles. The first kappa shape index (κ1) is 26.2. The number of guanidine groups is 1. The molecule has 0 bridgehead atoms. The summed E-state index contributed by atoms with van der Waals surface area (Å²) in [4.78, 5) is 16.2. The van der Waals surface area contributed by atoms with E-state index >= 15 is 0 Å². The second-order valence-corrected chi connectivity index (χ2v) is 6.93. The summed E-state index contributed by atoms with van der Waals surface area (Å²) in [5.74, 6) is 0.453. The maximum absolute atomic E-state index is 12.6. The standard InChI is InChI=1S/C23H23F3N4O2.HI/c1-27-22(28-12-11-16-7-9-18(10-8-16)23(24,25)26)29-15-17-4-2-5-19(14-17)30-21(31)20-6-3-13-32-20;/h2-10,13-14H,11-12,15H2,1H3,(H,30,31)(H2,27,28,29);1H. The van der Waals surface area contributed by atoms with Gasteiger partial charge in [-0.05, 0) is 53.9 Å². The van der Waals surface area contributed by atoms with Crippen LogP contribution in [0.25, 0.3) is 0 Å². The molecule has 0 aliphatic heterocycles. The number of amides is 1. The van der Waals surface area contributed by atoms with Gasteiger partial charge in [-0.2, -0.15) is 13.2 Å². The number of benzene rings is 2. The van der Waals surface area contributed by atoms with Crippen LogP contribution in [0.4, 0.5) is 18.9 Å². The van der Waals surface area contributed by atoms with Crippen molar-refractivity contribution in [1.82, 2.24) is 10.6 Å². The van der Waals surface area contributed by atoms with Crippen LogP contribution in [0, 0.1) is 0 Å². The molecule has 1 heterocycles. The van der Waals surface area contributed by atoms with E-state index in [-0.39, 0.29) is 35.6 Å². The van der Waals surface area contributed by atoms with Gasteiger partial charge in [-0.1, -0.05) is 24.3 Å². The molecule has 176 valence electrons. The molecular formula is C23H24F3IN4O2. The topological polar surface area (TPSA) is 78.7 Å². The summed E-state index contributed by atoms with van der Waals surface area (Å²) in [6.45, 7) is 0.967. The number of nitrogens with one attached hydrogen (secondary N) is 3. The predicted octanol–water partition coefficient (Wildman–Crippen LogP) is 5.08. The van der Waals surface area contributed by atoms with E-state index in [0.717, 1.165) is 23.3 Å². The van der Waals surface area contributed by atoms with Crippen molar-refractivity contribution in [3.8, 4) is 0 Å². The summed E-state index contributed by atoms with van der Waals surface area (Å²) < 4.78 is 43.0. The van der Waals surface area contributed by atoms with Crippen molar-refractivity contribution in [2.75, 3.05) is 18.9 Å². The summed E-state index contributed by atoms with van der Waals surface area (Å²) in [5.41, 5.74) is 1.69. The third-order valence-electron chi connectivity index (χ3n) is 4.60. The van der Waals surface area contributed by atoms with Gasteiger partial charge in [-0.15, -0.1) is 24.0 Å². The van der Waals surface area contributed by atoms with E-state index in [1.165, 1.54) is 18.4 Å². The maximum atomic E-state index is 12.6. The maximum Gasteiger partial charge on any atom is 0.416 e. The van der Waals surface area contributed by atoms with Crippen LogP contribution in [-0.2, 0) is 19.1 Å². The summed E-state index contributed by atoms with van der Waals surface area (Å²) in [7, 11) is 1.63. The number of halogens is 4. The zero-order valence-electron chi connectivity index (χ0n) is 17.8. The summed E-state index contributed by atoms with van der Waals surface area (Å²) in [5, 5.41) is 9.08. The quantitative estimate of drug-likeness (QED) is 0.210. The molecule has 3 aromatic rings. The van der Waals surface area contributed by atoms with Gasteiger partial charge < -0.3 is 20.4 Å². The SMILES string of the molecule is CN=C(NCCc1ccc(C(F)(F)F)cc1)NCc1cccc(NC(=O)c2ccco2)c1.I. The van der Waals surface area contributed by atoms with Crippen LogP contribution < -0.4 is 16.0 Å². The Kier molecular flexibility index (Phi) is 9.76. The molecule has 3 rings (SSSR count). The van der Waals surface area contributed by atoms with E-state index in [1.54, 1.807) is 25.2 Å². The Balaban J connectivity index is 0.00000385. The highest BCUT2D eigenvalue weighted by molar-refractivity contribution is 14.0. The summed E-state index contributed by atoms with van der Waals surface area (Å²) in [6, 6.07) is 15.7. The van der Waals surface area contributed by atoms with Crippen LogP contribution in [0.1, 0.15) is 27.2 Å². The van der Waals surface area contributed by atoms with Crippen LogP contribution in [0.2, 0.25) is 0 Å². The zero-order valence-corrected chi connectivity index (χ0v) is 20.1. The number of carbonyl (C=O) groups is 1. The van der Waals surface area contributed by atoms with Gasteiger partial charge in [0.25, 0.3) is 5.91 Å². The third kappa shape index (κ3) is 8.12. The molecule has 0 atom stereocenters. The summed E-state index contributed by atoms with van der Waals surface area (Å²) >= 11 is 0. The van der Waals surface area contributed by atoms with Crippen molar-refractivity contribution in [2.45, 2.75) is 19.1 Å². The van der Waals surface area contributed by atoms with Gasteiger partial charge in [0.05, 0.1) is 11.8 Å². The van der Waals surface area contributed by atoms with Crippen molar-refractivity contribution >= 4 is 41.5 Å². The second-order valence-electron chi connectivity index (χ2n) is 6.93. The Bertz CT molecular complexity index is 1050. The van der Waals surface area contributed by atoms with Crippen molar-refractivity contribution in [2.24, 2.45) is 4.99 Å². The number of carbonyl (C=O) groups excluding carboxylic acids is 1. The number of rotatable bonds is 7.